The van der Waals surface area contributed by atoms with Crippen LogP contribution in [0.25, 0.3) is 0 Å². The van der Waals surface area contributed by atoms with E-state index in [1.165, 1.54) is 11.9 Å². The molecule has 1 N–H and O–H groups in total. The molecule has 0 amide bonds. The van der Waals surface area contributed by atoms with Crippen molar-refractivity contribution >= 4 is 5.82 Å². The molecule has 1 aromatic heterocycles. The fraction of sp³-hybridized carbons (Fsp3) is 0.286. The molecule has 0 spiro atoms. The third kappa shape index (κ3) is 2.97. The van der Waals surface area contributed by atoms with Crippen molar-refractivity contribution in [2.45, 2.75) is 19.4 Å². The van der Waals surface area contributed by atoms with Gasteiger partial charge in [0.25, 0.3) is 0 Å². The van der Waals surface area contributed by atoms with E-state index in [-0.39, 0.29) is 6.04 Å². The SMILES string of the molecule is CCC(Nc1cc(OC)ncn1)c1ccccc1. The second-order valence-electron chi connectivity index (χ2n) is 3.96. The summed E-state index contributed by atoms with van der Waals surface area (Å²) in [5.41, 5.74) is 1.25. The third-order valence-electron chi connectivity index (χ3n) is 2.78. The predicted octanol–water partition coefficient (Wildman–Crippen LogP) is 3.05. The highest BCUT2D eigenvalue weighted by Crippen LogP contribution is 2.22. The molecule has 0 aliphatic carbocycles. The third-order valence-corrected chi connectivity index (χ3v) is 2.78. The Balaban J connectivity index is 2.15. The van der Waals surface area contributed by atoms with Crippen LogP contribution in [0.4, 0.5) is 5.82 Å². The Morgan fingerprint density at radius 1 is 1.22 bits per heavy atom. The molecule has 0 radical (unpaired) electrons. The van der Waals surface area contributed by atoms with Crippen molar-refractivity contribution in [1.29, 1.82) is 0 Å². The molecule has 18 heavy (non-hydrogen) atoms. The molecule has 1 heterocycles. The van der Waals surface area contributed by atoms with Crippen LogP contribution >= 0.6 is 0 Å². The van der Waals surface area contributed by atoms with E-state index in [9.17, 15) is 0 Å². The molecule has 0 saturated carbocycles. The Hall–Kier alpha value is -2.10. The average molecular weight is 243 g/mol. The molecule has 1 unspecified atom stereocenters. The van der Waals surface area contributed by atoms with Crippen molar-refractivity contribution in [3.05, 3.63) is 48.3 Å². The summed E-state index contributed by atoms with van der Waals surface area (Å²) in [5, 5.41) is 3.39. The molecule has 0 aliphatic heterocycles. The monoisotopic (exact) mass is 243 g/mol. The van der Waals surface area contributed by atoms with Crippen molar-refractivity contribution in [2.75, 3.05) is 12.4 Å². The number of benzene rings is 1. The maximum atomic E-state index is 5.08. The molecule has 2 aromatic rings. The summed E-state index contributed by atoms with van der Waals surface area (Å²) in [7, 11) is 1.60. The maximum absolute atomic E-state index is 5.08. The number of nitrogens with one attached hydrogen (secondary N) is 1. The van der Waals surface area contributed by atoms with Gasteiger partial charge in [0.15, 0.2) is 0 Å². The molecule has 0 bridgehead atoms. The molecule has 1 atom stereocenters. The Bertz CT molecular complexity index is 487. The van der Waals surface area contributed by atoms with E-state index in [0.717, 1.165) is 12.2 Å². The fourth-order valence-corrected chi connectivity index (χ4v) is 1.81. The number of hydrogen-bond acceptors (Lipinski definition) is 4. The molecular formula is C14H17N3O. The summed E-state index contributed by atoms with van der Waals surface area (Å²) in [6, 6.07) is 12.4. The lowest BCUT2D eigenvalue weighted by molar-refractivity contribution is 0.397. The van der Waals surface area contributed by atoms with Crippen LogP contribution in [0, 0.1) is 0 Å². The summed E-state index contributed by atoms with van der Waals surface area (Å²) in [5.74, 6) is 1.34. The van der Waals surface area contributed by atoms with Gasteiger partial charge in [0.2, 0.25) is 5.88 Å². The number of anilines is 1. The number of aromatic nitrogens is 2. The molecule has 0 saturated heterocycles. The average Bonchev–Trinajstić information content (AvgIpc) is 2.46. The van der Waals surface area contributed by atoms with Gasteiger partial charge in [0.05, 0.1) is 13.2 Å². The quantitative estimate of drug-likeness (QED) is 0.876. The first-order valence-corrected chi connectivity index (χ1v) is 6.01. The standard InChI is InChI=1S/C14H17N3O/c1-3-12(11-7-5-4-6-8-11)17-13-9-14(18-2)16-10-15-13/h4-10,12H,3H2,1-2H3,(H,15,16,17). The van der Waals surface area contributed by atoms with Gasteiger partial charge in [-0.1, -0.05) is 37.3 Å². The van der Waals surface area contributed by atoms with Crippen LogP contribution in [0.1, 0.15) is 24.9 Å². The van der Waals surface area contributed by atoms with E-state index in [0.29, 0.717) is 5.88 Å². The van der Waals surface area contributed by atoms with Crippen LogP contribution in [0.2, 0.25) is 0 Å². The number of nitrogens with zero attached hydrogens (tertiary/aromatic N) is 2. The lowest BCUT2D eigenvalue weighted by Crippen LogP contribution is -2.10. The van der Waals surface area contributed by atoms with Crippen molar-refractivity contribution in [3.63, 3.8) is 0 Å². The lowest BCUT2D eigenvalue weighted by atomic mass is 10.0. The van der Waals surface area contributed by atoms with E-state index < -0.39 is 0 Å². The zero-order valence-electron chi connectivity index (χ0n) is 10.6. The van der Waals surface area contributed by atoms with Gasteiger partial charge in [-0.05, 0) is 12.0 Å². The smallest absolute Gasteiger partial charge is 0.218 e. The summed E-state index contributed by atoms with van der Waals surface area (Å²) >= 11 is 0. The minimum Gasteiger partial charge on any atom is -0.481 e. The van der Waals surface area contributed by atoms with E-state index in [4.69, 9.17) is 4.74 Å². The molecule has 2 rings (SSSR count). The highest BCUT2D eigenvalue weighted by molar-refractivity contribution is 5.40. The Labute approximate surface area is 107 Å². The molecular weight excluding hydrogens is 226 g/mol. The molecule has 0 fully saturated rings. The van der Waals surface area contributed by atoms with Gasteiger partial charge in [0, 0.05) is 6.07 Å². The summed E-state index contributed by atoms with van der Waals surface area (Å²) in [4.78, 5) is 8.19. The van der Waals surface area contributed by atoms with Gasteiger partial charge in [-0.3, -0.25) is 0 Å². The Morgan fingerprint density at radius 2 is 2.00 bits per heavy atom. The van der Waals surface area contributed by atoms with Gasteiger partial charge in [-0.25, -0.2) is 9.97 Å². The Kier molecular flexibility index (Phi) is 4.12. The van der Waals surface area contributed by atoms with Crippen molar-refractivity contribution in [2.24, 2.45) is 0 Å². The zero-order valence-corrected chi connectivity index (χ0v) is 10.6. The zero-order chi connectivity index (χ0) is 12.8. The fourth-order valence-electron chi connectivity index (χ4n) is 1.81. The number of rotatable bonds is 5. The van der Waals surface area contributed by atoms with E-state index >= 15 is 0 Å². The van der Waals surface area contributed by atoms with Gasteiger partial charge in [0.1, 0.15) is 12.1 Å². The van der Waals surface area contributed by atoms with Gasteiger partial charge in [-0.2, -0.15) is 0 Å². The van der Waals surface area contributed by atoms with E-state index in [1.54, 1.807) is 13.2 Å². The minimum absolute atomic E-state index is 0.241. The van der Waals surface area contributed by atoms with Gasteiger partial charge in [-0.15, -0.1) is 0 Å². The molecule has 1 aromatic carbocycles. The van der Waals surface area contributed by atoms with E-state index in [1.807, 2.05) is 18.2 Å². The summed E-state index contributed by atoms with van der Waals surface area (Å²) in [6.45, 7) is 2.14. The lowest BCUT2D eigenvalue weighted by Gasteiger charge is -2.18. The van der Waals surface area contributed by atoms with Crippen LogP contribution in [0.15, 0.2) is 42.7 Å². The second-order valence-corrected chi connectivity index (χ2v) is 3.96. The summed E-state index contributed by atoms with van der Waals surface area (Å²) in [6.07, 6.45) is 2.48. The highest BCUT2D eigenvalue weighted by atomic mass is 16.5. The van der Waals surface area contributed by atoms with Gasteiger partial charge >= 0.3 is 0 Å². The number of ether oxygens (including phenoxy) is 1. The molecule has 4 heteroatoms. The van der Waals surface area contributed by atoms with Crippen molar-refractivity contribution in [1.82, 2.24) is 9.97 Å². The maximum Gasteiger partial charge on any atom is 0.218 e. The van der Waals surface area contributed by atoms with Crippen LogP contribution in [-0.2, 0) is 0 Å². The molecule has 94 valence electrons. The molecule has 4 nitrogen and oxygen atoms in total. The van der Waals surface area contributed by atoms with Crippen molar-refractivity contribution in [3.8, 4) is 5.88 Å². The predicted molar refractivity (Wildman–Crippen MR) is 71.7 cm³/mol. The first-order chi connectivity index (χ1) is 8.83. The van der Waals surface area contributed by atoms with Crippen LogP contribution < -0.4 is 10.1 Å². The second kappa shape index (κ2) is 6.00. The van der Waals surface area contributed by atoms with Crippen LogP contribution in [-0.4, -0.2) is 17.1 Å². The largest absolute Gasteiger partial charge is 0.481 e. The number of methoxy groups -OCH3 is 1. The topological polar surface area (TPSA) is 47.0 Å². The normalized spacial score (nSPS) is 11.9. The van der Waals surface area contributed by atoms with Crippen molar-refractivity contribution < 1.29 is 4.74 Å². The number of hydrogen-bond donors (Lipinski definition) is 1. The minimum atomic E-state index is 0.241. The molecule has 0 aliphatic rings. The van der Waals surface area contributed by atoms with Crippen LogP contribution in [0.5, 0.6) is 5.88 Å². The van der Waals surface area contributed by atoms with Crippen LogP contribution in [0.3, 0.4) is 0 Å². The summed E-state index contributed by atoms with van der Waals surface area (Å²) < 4.78 is 5.08. The first kappa shape index (κ1) is 12.4. The van der Waals surface area contributed by atoms with E-state index in [2.05, 4.69) is 34.3 Å². The Morgan fingerprint density at radius 3 is 2.67 bits per heavy atom. The first-order valence-electron chi connectivity index (χ1n) is 6.01. The highest BCUT2D eigenvalue weighted by Gasteiger charge is 2.09. The van der Waals surface area contributed by atoms with Gasteiger partial charge < -0.3 is 10.1 Å².